The fourth-order valence-electron chi connectivity index (χ4n) is 1.50. The number of carbonyl (C=O) groups excluding carboxylic acids is 1. The van der Waals surface area contributed by atoms with Gasteiger partial charge in [0, 0.05) is 18.7 Å². The summed E-state index contributed by atoms with van der Waals surface area (Å²) >= 11 is 0. The Morgan fingerprint density at radius 2 is 1.82 bits per heavy atom. The van der Waals surface area contributed by atoms with Crippen LogP contribution in [0.1, 0.15) is 31.7 Å². The highest BCUT2D eigenvalue weighted by Crippen LogP contribution is 2.17. The highest BCUT2D eigenvalue weighted by atomic mass is 16.1. The standard InChI is InChI=1S/C14H22N2O/c1-11(2)12-5-7-13(8-6-12)15-14(17)9-10-16(3)4/h5-8,11H,9-10H2,1-4H3,(H,15,17). The Morgan fingerprint density at radius 3 is 2.29 bits per heavy atom. The van der Waals surface area contributed by atoms with Crippen LogP contribution in [0.4, 0.5) is 5.69 Å². The molecule has 1 N–H and O–H groups in total. The van der Waals surface area contributed by atoms with Gasteiger partial charge in [-0.05, 0) is 37.7 Å². The number of amides is 1. The largest absolute Gasteiger partial charge is 0.326 e. The van der Waals surface area contributed by atoms with Gasteiger partial charge in [0.15, 0.2) is 0 Å². The molecule has 0 aliphatic heterocycles. The lowest BCUT2D eigenvalue weighted by Crippen LogP contribution is -2.20. The minimum atomic E-state index is 0.0657. The molecule has 3 heteroatoms. The van der Waals surface area contributed by atoms with Crippen molar-refractivity contribution in [1.82, 2.24) is 4.90 Å². The van der Waals surface area contributed by atoms with Gasteiger partial charge < -0.3 is 10.2 Å². The molecule has 0 atom stereocenters. The molecule has 1 aromatic carbocycles. The van der Waals surface area contributed by atoms with Crippen molar-refractivity contribution >= 4 is 11.6 Å². The summed E-state index contributed by atoms with van der Waals surface area (Å²) in [4.78, 5) is 13.6. The van der Waals surface area contributed by atoms with Crippen molar-refractivity contribution < 1.29 is 4.79 Å². The van der Waals surface area contributed by atoms with Gasteiger partial charge in [0.1, 0.15) is 0 Å². The topological polar surface area (TPSA) is 32.3 Å². The Morgan fingerprint density at radius 1 is 1.24 bits per heavy atom. The van der Waals surface area contributed by atoms with Gasteiger partial charge in [0.25, 0.3) is 0 Å². The van der Waals surface area contributed by atoms with E-state index >= 15 is 0 Å². The molecule has 0 saturated heterocycles. The van der Waals surface area contributed by atoms with E-state index in [9.17, 15) is 4.79 Å². The number of nitrogens with one attached hydrogen (secondary N) is 1. The average molecular weight is 234 g/mol. The van der Waals surface area contributed by atoms with Crippen molar-refractivity contribution in [2.45, 2.75) is 26.2 Å². The summed E-state index contributed by atoms with van der Waals surface area (Å²) in [6, 6.07) is 8.05. The predicted octanol–water partition coefficient (Wildman–Crippen LogP) is 2.70. The molecule has 1 aromatic rings. The lowest BCUT2D eigenvalue weighted by Gasteiger charge is -2.10. The molecular weight excluding hydrogens is 212 g/mol. The second kappa shape index (κ2) is 6.40. The molecule has 0 radical (unpaired) electrons. The van der Waals surface area contributed by atoms with Crippen LogP contribution in [0, 0.1) is 0 Å². The minimum Gasteiger partial charge on any atom is -0.326 e. The van der Waals surface area contributed by atoms with Crippen LogP contribution in [-0.4, -0.2) is 31.4 Å². The summed E-state index contributed by atoms with van der Waals surface area (Å²) in [7, 11) is 3.93. The van der Waals surface area contributed by atoms with Gasteiger partial charge in [-0.3, -0.25) is 4.79 Å². The van der Waals surface area contributed by atoms with Crippen LogP contribution in [0.3, 0.4) is 0 Å². The third-order valence-electron chi connectivity index (χ3n) is 2.65. The lowest BCUT2D eigenvalue weighted by molar-refractivity contribution is -0.116. The lowest BCUT2D eigenvalue weighted by atomic mass is 10.0. The molecule has 0 aliphatic rings. The Balaban J connectivity index is 2.48. The van der Waals surface area contributed by atoms with E-state index in [2.05, 4.69) is 31.3 Å². The van der Waals surface area contributed by atoms with E-state index in [0.717, 1.165) is 12.2 Å². The maximum atomic E-state index is 11.6. The number of carbonyl (C=O) groups is 1. The smallest absolute Gasteiger partial charge is 0.225 e. The Hall–Kier alpha value is -1.35. The second-order valence-corrected chi connectivity index (χ2v) is 4.88. The third kappa shape index (κ3) is 5.00. The van der Waals surface area contributed by atoms with Gasteiger partial charge in [-0.1, -0.05) is 26.0 Å². The number of anilines is 1. The fraction of sp³-hybridized carbons (Fsp3) is 0.500. The van der Waals surface area contributed by atoms with Crippen molar-refractivity contribution in [3.8, 4) is 0 Å². The van der Waals surface area contributed by atoms with Crippen LogP contribution in [-0.2, 0) is 4.79 Å². The van der Waals surface area contributed by atoms with Gasteiger partial charge in [-0.15, -0.1) is 0 Å². The first kappa shape index (κ1) is 13.7. The number of hydrogen-bond acceptors (Lipinski definition) is 2. The van der Waals surface area contributed by atoms with Gasteiger partial charge in [0.05, 0.1) is 0 Å². The van der Waals surface area contributed by atoms with Crippen LogP contribution >= 0.6 is 0 Å². The van der Waals surface area contributed by atoms with E-state index < -0.39 is 0 Å². The van der Waals surface area contributed by atoms with Crippen LogP contribution in [0.5, 0.6) is 0 Å². The third-order valence-corrected chi connectivity index (χ3v) is 2.65. The normalized spacial score (nSPS) is 10.9. The molecule has 0 heterocycles. The fourth-order valence-corrected chi connectivity index (χ4v) is 1.50. The van der Waals surface area contributed by atoms with Gasteiger partial charge in [-0.25, -0.2) is 0 Å². The first-order valence-corrected chi connectivity index (χ1v) is 6.03. The number of benzene rings is 1. The van der Waals surface area contributed by atoms with Crippen molar-refractivity contribution in [3.05, 3.63) is 29.8 Å². The monoisotopic (exact) mass is 234 g/mol. The van der Waals surface area contributed by atoms with Gasteiger partial charge >= 0.3 is 0 Å². The molecule has 0 saturated carbocycles. The Labute approximate surface area is 104 Å². The summed E-state index contributed by atoms with van der Waals surface area (Å²) in [6.07, 6.45) is 0.527. The van der Waals surface area contributed by atoms with E-state index in [4.69, 9.17) is 0 Å². The summed E-state index contributed by atoms with van der Waals surface area (Å²) in [5, 5.41) is 2.90. The molecule has 1 amide bonds. The maximum Gasteiger partial charge on any atom is 0.225 e. The number of nitrogens with zero attached hydrogens (tertiary/aromatic N) is 1. The molecule has 94 valence electrons. The molecule has 0 aliphatic carbocycles. The van der Waals surface area contributed by atoms with Crippen molar-refractivity contribution in [1.29, 1.82) is 0 Å². The zero-order chi connectivity index (χ0) is 12.8. The second-order valence-electron chi connectivity index (χ2n) is 4.88. The van der Waals surface area contributed by atoms with Crippen LogP contribution in [0.15, 0.2) is 24.3 Å². The quantitative estimate of drug-likeness (QED) is 0.849. The summed E-state index contributed by atoms with van der Waals surface area (Å²) in [5.41, 5.74) is 2.16. The first-order valence-electron chi connectivity index (χ1n) is 6.03. The van der Waals surface area contributed by atoms with Crippen LogP contribution < -0.4 is 5.32 Å². The van der Waals surface area contributed by atoms with Gasteiger partial charge in [-0.2, -0.15) is 0 Å². The van der Waals surface area contributed by atoms with E-state index in [1.54, 1.807) is 0 Å². The van der Waals surface area contributed by atoms with E-state index in [0.29, 0.717) is 12.3 Å². The molecule has 0 unspecified atom stereocenters. The Bertz CT molecular complexity index is 355. The average Bonchev–Trinajstić information content (AvgIpc) is 2.27. The molecule has 0 spiro atoms. The van der Waals surface area contributed by atoms with Crippen molar-refractivity contribution in [3.63, 3.8) is 0 Å². The molecule has 0 fully saturated rings. The first-order chi connectivity index (χ1) is 7.99. The molecule has 0 aromatic heterocycles. The molecule has 0 bridgehead atoms. The predicted molar refractivity (Wildman–Crippen MR) is 72.3 cm³/mol. The highest BCUT2D eigenvalue weighted by molar-refractivity contribution is 5.90. The summed E-state index contributed by atoms with van der Waals surface area (Å²) < 4.78 is 0. The van der Waals surface area contributed by atoms with E-state index in [1.807, 2.05) is 31.1 Å². The Kier molecular flexibility index (Phi) is 5.16. The maximum absolute atomic E-state index is 11.6. The summed E-state index contributed by atoms with van der Waals surface area (Å²) in [5.74, 6) is 0.587. The van der Waals surface area contributed by atoms with E-state index in [1.165, 1.54) is 5.56 Å². The van der Waals surface area contributed by atoms with E-state index in [-0.39, 0.29) is 5.91 Å². The molecule has 3 nitrogen and oxygen atoms in total. The highest BCUT2D eigenvalue weighted by Gasteiger charge is 2.04. The van der Waals surface area contributed by atoms with Crippen LogP contribution in [0.2, 0.25) is 0 Å². The number of hydrogen-bond donors (Lipinski definition) is 1. The molecular formula is C14H22N2O. The van der Waals surface area contributed by atoms with Gasteiger partial charge in [0.2, 0.25) is 5.91 Å². The molecule has 1 rings (SSSR count). The van der Waals surface area contributed by atoms with Crippen molar-refractivity contribution in [2.24, 2.45) is 0 Å². The SMILES string of the molecule is CC(C)c1ccc(NC(=O)CCN(C)C)cc1. The molecule has 17 heavy (non-hydrogen) atoms. The zero-order valence-corrected chi connectivity index (χ0v) is 11.2. The number of rotatable bonds is 5. The van der Waals surface area contributed by atoms with Crippen LogP contribution in [0.25, 0.3) is 0 Å². The zero-order valence-electron chi connectivity index (χ0n) is 11.2. The van der Waals surface area contributed by atoms with Crippen molar-refractivity contribution in [2.75, 3.05) is 26.0 Å². The minimum absolute atomic E-state index is 0.0657. The summed E-state index contributed by atoms with van der Waals surface area (Å²) in [6.45, 7) is 5.09.